The second kappa shape index (κ2) is 9.04. The Hall–Kier alpha value is -2.27. The molecule has 152 valence electrons. The van der Waals surface area contributed by atoms with Crippen LogP contribution in [0.3, 0.4) is 0 Å². The molecule has 0 heterocycles. The number of carbonyl (C=O) groups is 2. The van der Waals surface area contributed by atoms with Crippen molar-refractivity contribution in [3.63, 3.8) is 0 Å². The van der Waals surface area contributed by atoms with E-state index in [2.05, 4.69) is 4.72 Å². The van der Waals surface area contributed by atoms with E-state index in [9.17, 15) is 9.59 Å². The van der Waals surface area contributed by atoms with E-state index in [1.165, 1.54) is 24.8 Å². The van der Waals surface area contributed by atoms with Crippen molar-refractivity contribution in [2.45, 2.75) is 62.2 Å². The summed E-state index contributed by atoms with van der Waals surface area (Å²) in [6.45, 7) is 0.292. The van der Waals surface area contributed by atoms with Crippen LogP contribution < -0.4 is 4.72 Å². The molecule has 4 rings (SSSR count). The molecule has 0 saturated heterocycles. The van der Waals surface area contributed by atoms with Gasteiger partial charge in [0.15, 0.2) is 0 Å². The first-order valence-electron chi connectivity index (χ1n) is 10.5. The fourth-order valence-corrected chi connectivity index (χ4v) is 4.71. The van der Waals surface area contributed by atoms with Crippen molar-refractivity contribution < 1.29 is 14.3 Å². The van der Waals surface area contributed by atoms with Gasteiger partial charge in [0.25, 0.3) is 5.91 Å². The minimum absolute atomic E-state index is 0.0715. The Morgan fingerprint density at radius 1 is 0.966 bits per heavy atom. The quantitative estimate of drug-likeness (QED) is 0.506. The zero-order valence-corrected chi connectivity index (χ0v) is 17.4. The van der Waals surface area contributed by atoms with Gasteiger partial charge in [0.1, 0.15) is 6.61 Å². The third kappa shape index (κ3) is 4.84. The molecule has 2 aromatic carbocycles. The topological polar surface area (TPSA) is 55.4 Å². The number of nitrogens with one attached hydrogen (secondary N) is 1. The fourth-order valence-electron chi connectivity index (χ4n) is 3.95. The smallest absolute Gasteiger partial charge is 0.316 e. The molecule has 0 bridgehead atoms. The molecule has 0 aliphatic heterocycles. The summed E-state index contributed by atoms with van der Waals surface area (Å²) in [4.78, 5) is 25.5. The van der Waals surface area contributed by atoms with Crippen LogP contribution in [0.5, 0.6) is 0 Å². The molecule has 2 saturated carbocycles. The molecule has 0 unspecified atom stereocenters. The van der Waals surface area contributed by atoms with Crippen LogP contribution in [0.25, 0.3) is 0 Å². The molecule has 1 amide bonds. The zero-order chi connectivity index (χ0) is 20.1. The van der Waals surface area contributed by atoms with Crippen LogP contribution in [-0.2, 0) is 21.6 Å². The van der Waals surface area contributed by atoms with Gasteiger partial charge >= 0.3 is 5.97 Å². The number of benzene rings is 2. The zero-order valence-electron chi connectivity index (χ0n) is 16.6. The molecule has 2 aliphatic rings. The Labute approximate surface area is 176 Å². The lowest BCUT2D eigenvalue weighted by molar-refractivity contribution is -0.153. The largest absolute Gasteiger partial charge is 0.460 e. The third-order valence-corrected chi connectivity index (χ3v) is 6.96. The Bertz CT molecular complexity index is 840. The highest BCUT2D eigenvalue weighted by molar-refractivity contribution is 7.98. The van der Waals surface area contributed by atoms with E-state index in [0.717, 1.165) is 43.2 Å². The van der Waals surface area contributed by atoms with Crippen molar-refractivity contribution in [3.05, 3.63) is 71.3 Å². The van der Waals surface area contributed by atoms with Crippen molar-refractivity contribution >= 4 is 23.8 Å². The standard InChI is InChI=1S/C24H27NO3S/c26-22(25-29-21-13-14-21)19-9-11-20(12-10-19)24(15-5-2-6-16-24)23(27)28-17-18-7-3-1-4-8-18/h1,3-4,7-12,21H,2,5-6,13-17H2,(H,25,26). The molecular weight excluding hydrogens is 382 g/mol. The minimum Gasteiger partial charge on any atom is -0.460 e. The molecule has 0 radical (unpaired) electrons. The number of carbonyl (C=O) groups excluding carboxylic acids is 2. The second-order valence-electron chi connectivity index (χ2n) is 8.03. The van der Waals surface area contributed by atoms with Crippen LogP contribution >= 0.6 is 11.9 Å². The molecule has 4 nitrogen and oxygen atoms in total. The molecule has 0 atom stereocenters. The SMILES string of the molecule is O=C(NSC1CC1)c1ccc(C2(C(=O)OCc3ccccc3)CCCCC2)cc1. The molecule has 0 aromatic heterocycles. The van der Waals surface area contributed by atoms with E-state index in [4.69, 9.17) is 4.74 Å². The van der Waals surface area contributed by atoms with E-state index in [-0.39, 0.29) is 11.9 Å². The van der Waals surface area contributed by atoms with Crippen LogP contribution in [0.4, 0.5) is 0 Å². The summed E-state index contributed by atoms with van der Waals surface area (Å²) in [6, 6.07) is 17.3. The van der Waals surface area contributed by atoms with E-state index < -0.39 is 5.41 Å². The predicted molar refractivity (Wildman–Crippen MR) is 116 cm³/mol. The van der Waals surface area contributed by atoms with E-state index >= 15 is 0 Å². The predicted octanol–water partition coefficient (Wildman–Crippen LogP) is 5.17. The maximum Gasteiger partial charge on any atom is 0.316 e. The summed E-state index contributed by atoms with van der Waals surface area (Å²) in [5.41, 5.74) is 1.98. The maximum absolute atomic E-state index is 13.2. The van der Waals surface area contributed by atoms with E-state index in [0.29, 0.717) is 17.4 Å². The Morgan fingerprint density at radius 3 is 2.31 bits per heavy atom. The monoisotopic (exact) mass is 409 g/mol. The van der Waals surface area contributed by atoms with Crippen LogP contribution in [0.15, 0.2) is 54.6 Å². The lowest BCUT2D eigenvalue weighted by Gasteiger charge is -2.35. The van der Waals surface area contributed by atoms with Gasteiger partial charge in [-0.1, -0.05) is 61.7 Å². The van der Waals surface area contributed by atoms with Gasteiger partial charge in [0.2, 0.25) is 0 Å². The van der Waals surface area contributed by atoms with E-state index in [1.807, 2.05) is 54.6 Å². The van der Waals surface area contributed by atoms with Crippen LogP contribution in [-0.4, -0.2) is 17.1 Å². The van der Waals surface area contributed by atoms with Crippen molar-refractivity contribution in [2.24, 2.45) is 0 Å². The van der Waals surface area contributed by atoms with Gasteiger partial charge in [-0.2, -0.15) is 0 Å². The van der Waals surface area contributed by atoms with Gasteiger partial charge in [0.05, 0.1) is 5.41 Å². The lowest BCUT2D eigenvalue weighted by atomic mass is 9.69. The van der Waals surface area contributed by atoms with Gasteiger partial charge in [0, 0.05) is 10.8 Å². The average Bonchev–Trinajstić information content (AvgIpc) is 3.61. The van der Waals surface area contributed by atoms with Crippen LogP contribution in [0.1, 0.15) is 66.4 Å². The summed E-state index contributed by atoms with van der Waals surface area (Å²) in [5, 5.41) is 0.572. The summed E-state index contributed by atoms with van der Waals surface area (Å²) in [6.07, 6.45) is 7.12. The van der Waals surface area contributed by atoms with Gasteiger partial charge in [-0.05, 0) is 60.9 Å². The van der Waals surface area contributed by atoms with Crippen LogP contribution in [0, 0.1) is 0 Å². The molecule has 5 heteroatoms. The van der Waals surface area contributed by atoms with Gasteiger partial charge < -0.3 is 4.74 Å². The average molecular weight is 410 g/mol. The first kappa shape index (κ1) is 20.0. The van der Waals surface area contributed by atoms with Gasteiger partial charge in [-0.25, -0.2) is 0 Å². The first-order valence-corrected chi connectivity index (χ1v) is 11.3. The number of rotatable bonds is 7. The Balaban J connectivity index is 1.47. The summed E-state index contributed by atoms with van der Waals surface area (Å²) in [5.74, 6) is -0.222. The normalized spacial score (nSPS) is 18.1. The molecule has 2 aliphatic carbocycles. The summed E-state index contributed by atoms with van der Waals surface area (Å²) in [7, 11) is 0. The number of esters is 1. The Morgan fingerprint density at radius 2 is 1.66 bits per heavy atom. The molecule has 29 heavy (non-hydrogen) atoms. The maximum atomic E-state index is 13.2. The molecular formula is C24H27NO3S. The number of amides is 1. The molecule has 0 spiro atoms. The minimum atomic E-state index is -0.606. The first-order chi connectivity index (χ1) is 14.2. The van der Waals surface area contributed by atoms with Crippen LogP contribution in [0.2, 0.25) is 0 Å². The summed E-state index contributed by atoms with van der Waals surface area (Å²) < 4.78 is 8.67. The highest BCUT2D eigenvalue weighted by Gasteiger charge is 2.42. The highest BCUT2D eigenvalue weighted by atomic mass is 32.2. The number of hydrogen-bond acceptors (Lipinski definition) is 4. The second-order valence-corrected chi connectivity index (χ2v) is 9.14. The fraction of sp³-hybridized carbons (Fsp3) is 0.417. The lowest BCUT2D eigenvalue weighted by Crippen LogP contribution is -2.39. The molecule has 2 fully saturated rings. The third-order valence-electron chi connectivity index (χ3n) is 5.85. The molecule has 2 aromatic rings. The van der Waals surface area contributed by atoms with Gasteiger partial charge in [-0.3, -0.25) is 14.3 Å². The van der Waals surface area contributed by atoms with Crippen molar-refractivity contribution in [1.82, 2.24) is 4.72 Å². The highest BCUT2D eigenvalue weighted by Crippen LogP contribution is 2.41. The van der Waals surface area contributed by atoms with E-state index in [1.54, 1.807) is 0 Å². The van der Waals surface area contributed by atoms with Crippen molar-refractivity contribution in [2.75, 3.05) is 0 Å². The number of hydrogen-bond donors (Lipinski definition) is 1. The van der Waals surface area contributed by atoms with Crippen molar-refractivity contribution in [1.29, 1.82) is 0 Å². The summed E-state index contributed by atoms with van der Waals surface area (Å²) >= 11 is 1.51. The van der Waals surface area contributed by atoms with Gasteiger partial charge in [-0.15, -0.1) is 0 Å². The molecule has 1 N–H and O–H groups in total. The van der Waals surface area contributed by atoms with Crippen molar-refractivity contribution in [3.8, 4) is 0 Å². The Kier molecular flexibility index (Phi) is 6.24. The number of ether oxygens (including phenoxy) is 1.